The van der Waals surface area contributed by atoms with Crippen LogP contribution in [0.4, 0.5) is 0 Å². The minimum atomic E-state index is -1.10. The first-order valence-corrected chi connectivity index (χ1v) is 13.4. The van der Waals surface area contributed by atoms with Gasteiger partial charge < -0.3 is 14.0 Å². The van der Waals surface area contributed by atoms with Crippen molar-refractivity contribution in [3.05, 3.63) is 18.0 Å². The molecule has 1 saturated heterocycles. The fraction of sp³-hybridized carbons (Fsp3) is 0.684. The molecular weight excluding hydrogens is 357 g/mol. The van der Waals surface area contributed by atoms with Crippen molar-refractivity contribution in [2.75, 3.05) is 6.61 Å². The highest BCUT2D eigenvalue weighted by molar-refractivity contribution is 6.76. The quantitative estimate of drug-likeness (QED) is 0.560. The second-order valence-electron chi connectivity index (χ2n) is 9.62. The summed E-state index contributed by atoms with van der Waals surface area (Å²) < 4.78 is 20.2. The van der Waals surface area contributed by atoms with Crippen LogP contribution >= 0.6 is 0 Å². The van der Waals surface area contributed by atoms with E-state index in [1.54, 1.807) is 6.20 Å². The van der Waals surface area contributed by atoms with Crippen LogP contribution < -0.4 is 5.46 Å². The van der Waals surface area contributed by atoms with Crippen molar-refractivity contribution < 1.29 is 14.0 Å². The second-order valence-corrected chi connectivity index (χ2v) is 15.2. The van der Waals surface area contributed by atoms with E-state index in [2.05, 4.69) is 57.4 Å². The number of hydrogen-bond acceptors (Lipinski definition) is 5. The van der Waals surface area contributed by atoms with Crippen LogP contribution in [0, 0.1) is 6.92 Å². The standard InChI is InChI=1S/C19H32BN3O3Si/c1-14-16-15(20-25-18(2,3)19(4,5)26-20)9-10-21-17(16)23(22-14)13-24-11-12-27(6,7)8/h9-10H,11-13H2,1-8H3. The second kappa shape index (κ2) is 6.99. The van der Waals surface area contributed by atoms with E-state index in [-0.39, 0.29) is 11.2 Å². The van der Waals surface area contributed by atoms with Gasteiger partial charge in [-0.1, -0.05) is 19.6 Å². The van der Waals surface area contributed by atoms with Crippen molar-refractivity contribution in [2.45, 2.75) is 78.2 Å². The van der Waals surface area contributed by atoms with Gasteiger partial charge in [-0.15, -0.1) is 0 Å². The van der Waals surface area contributed by atoms with Gasteiger partial charge in [-0.25, -0.2) is 9.67 Å². The third kappa shape index (κ3) is 4.13. The molecule has 0 bridgehead atoms. The van der Waals surface area contributed by atoms with E-state index in [4.69, 9.17) is 14.0 Å². The van der Waals surface area contributed by atoms with Gasteiger partial charge in [-0.05, 0) is 52.2 Å². The molecule has 0 aromatic carbocycles. The maximum Gasteiger partial charge on any atom is 0.495 e. The lowest BCUT2D eigenvalue weighted by atomic mass is 9.77. The van der Waals surface area contributed by atoms with Crippen molar-refractivity contribution in [1.82, 2.24) is 14.8 Å². The Labute approximate surface area is 163 Å². The summed E-state index contributed by atoms with van der Waals surface area (Å²) in [5.41, 5.74) is 1.95. The first-order valence-electron chi connectivity index (χ1n) is 9.67. The molecule has 0 N–H and O–H groups in total. The number of ether oxygens (including phenoxy) is 1. The van der Waals surface area contributed by atoms with Crippen molar-refractivity contribution >= 4 is 31.7 Å². The molecule has 0 aliphatic carbocycles. The van der Waals surface area contributed by atoms with Gasteiger partial charge in [0, 0.05) is 26.3 Å². The lowest BCUT2D eigenvalue weighted by Crippen LogP contribution is -2.41. The fourth-order valence-electron chi connectivity index (χ4n) is 3.10. The first kappa shape index (κ1) is 20.5. The number of rotatable bonds is 6. The van der Waals surface area contributed by atoms with Gasteiger partial charge in [0.15, 0.2) is 5.65 Å². The number of aryl methyl sites for hydroxylation is 1. The molecule has 3 rings (SSSR count). The van der Waals surface area contributed by atoms with Crippen LogP contribution in [0.25, 0.3) is 11.0 Å². The number of fused-ring (bicyclic) bond motifs is 1. The Morgan fingerprint density at radius 1 is 1.15 bits per heavy atom. The van der Waals surface area contributed by atoms with Crippen molar-refractivity contribution in [3.63, 3.8) is 0 Å². The monoisotopic (exact) mass is 389 g/mol. The van der Waals surface area contributed by atoms with Crippen molar-refractivity contribution in [1.29, 1.82) is 0 Å². The Morgan fingerprint density at radius 3 is 2.37 bits per heavy atom. The molecule has 8 heteroatoms. The van der Waals surface area contributed by atoms with E-state index in [9.17, 15) is 0 Å². The Balaban J connectivity index is 1.84. The molecular formula is C19H32BN3O3Si. The summed E-state index contributed by atoms with van der Waals surface area (Å²) in [5, 5.41) is 5.65. The fourth-order valence-corrected chi connectivity index (χ4v) is 3.85. The van der Waals surface area contributed by atoms with Gasteiger partial charge in [0.1, 0.15) is 6.73 Å². The zero-order valence-electron chi connectivity index (χ0n) is 17.9. The van der Waals surface area contributed by atoms with E-state index in [0.717, 1.165) is 34.8 Å². The average Bonchev–Trinajstić information content (AvgIpc) is 2.96. The highest BCUT2D eigenvalue weighted by Gasteiger charge is 2.52. The van der Waals surface area contributed by atoms with Gasteiger partial charge in [0.05, 0.1) is 16.9 Å². The summed E-state index contributed by atoms with van der Waals surface area (Å²) in [4.78, 5) is 4.55. The van der Waals surface area contributed by atoms with E-state index in [0.29, 0.717) is 6.73 Å². The minimum Gasteiger partial charge on any atom is -0.399 e. The van der Waals surface area contributed by atoms with Crippen LogP contribution in [-0.4, -0.2) is 47.8 Å². The number of aromatic nitrogens is 3. The number of pyridine rings is 1. The summed E-state index contributed by atoms with van der Waals surface area (Å²) in [5.74, 6) is 0. The first-order chi connectivity index (χ1) is 12.4. The van der Waals surface area contributed by atoms with Crippen LogP contribution in [0.5, 0.6) is 0 Å². The van der Waals surface area contributed by atoms with Gasteiger partial charge in [0.25, 0.3) is 0 Å². The van der Waals surface area contributed by atoms with E-state index < -0.39 is 15.2 Å². The predicted molar refractivity (Wildman–Crippen MR) is 112 cm³/mol. The largest absolute Gasteiger partial charge is 0.495 e. The maximum atomic E-state index is 6.24. The molecule has 2 aromatic heterocycles. The van der Waals surface area contributed by atoms with E-state index >= 15 is 0 Å². The van der Waals surface area contributed by atoms with Gasteiger partial charge >= 0.3 is 7.12 Å². The summed E-state index contributed by atoms with van der Waals surface area (Å²) in [6.07, 6.45) is 1.79. The SMILES string of the molecule is Cc1nn(COCC[Si](C)(C)C)c2nccc(B3OC(C)(C)C(C)(C)O3)c12. The molecule has 0 atom stereocenters. The Kier molecular flexibility index (Phi) is 5.31. The highest BCUT2D eigenvalue weighted by atomic mass is 28.3. The maximum absolute atomic E-state index is 6.24. The van der Waals surface area contributed by atoms with Gasteiger partial charge in [0.2, 0.25) is 0 Å². The zero-order chi connectivity index (χ0) is 20.0. The molecule has 0 spiro atoms. The zero-order valence-corrected chi connectivity index (χ0v) is 18.9. The Bertz CT molecular complexity index is 813. The van der Waals surface area contributed by atoms with Crippen LogP contribution in [-0.2, 0) is 20.8 Å². The number of hydrogen-bond donors (Lipinski definition) is 0. The van der Waals surface area contributed by atoms with Crippen LogP contribution in [0.2, 0.25) is 25.7 Å². The van der Waals surface area contributed by atoms with Crippen LogP contribution in [0.3, 0.4) is 0 Å². The van der Waals surface area contributed by atoms with Crippen molar-refractivity contribution in [2.24, 2.45) is 0 Å². The summed E-state index contributed by atoms with van der Waals surface area (Å²) >= 11 is 0. The van der Waals surface area contributed by atoms with Crippen LogP contribution in [0.15, 0.2) is 12.3 Å². The average molecular weight is 389 g/mol. The molecule has 1 aliphatic heterocycles. The van der Waals surface area contributed by atoms with Gasteiger partial charge in [-0.2, -0.15) is 5.10 Å². The molecule has 6 nitrogen and oxygen atoms in total. The predicted octanol–water partition coefficient (Wildman–Crippen LogP) is 3.35. The Hall–Kier alpha value is -1.22. The van der Waals surface area contributed by atoms with Crippen molar-refractivity contribution in [3.8, 4) is 0 Å². The third-order valence-electron chi connectivity index (χ3n) is 5.56. The van der Waals surface area contributed by atoms with Crippen LogP contribution in [0.1, 0.15) is 33.4 Å². The number of nitrogens with zero attached hydrogens (tertiary/aromatic N) is 3. The molecule has 0 unspecified atom stereocenters. The molecule has 148 valence electrons. The minimum absolute atomic E-state index is 0.378. The van der Waals surface area contributed by atoms with Gasteiger partial charge in [-0.3, -0.25) is 0 Å². The molecule has 2 aromatic rings. The lowest BCUT2D eigenvalue weighted by Gasteiger charge is -2.32. The normalized spacial score (nSPS) is 19.2. The third-order valence-corrected chi connectivity index (χ3v) is 7.26. The smallest absolute Gasteiger partial charge is 0.399 e. The van der Waals surface area contributed by atoms with E-state index in [1.165, 1.54) is 0 Å². The summed E-state index contributed by atoms with van der Waals surface area (Å²) in [6.45, 7) is 18.5. The molecule has 0 saturated carbocycles. The molecule has 0 amide bonds. The summed E-state index contributed by atoms with van der Waals surface area (Å²) in [7, 11) is -1.53. The molecule has 1 aliphatic rings. The van der Waals surface area contributed by atoms with E-state index in [1.807, 2.05) is 17.7 Å². The topological polar surface area (TPSA) is 58.4 Å². The Morgan fingerprint density at radius 2 is 1.78 bits per heavy atom. The summed E-state index contributed by atoms with van der Waals surface area (Å²) in [6, 6.07) is 3.10. The molecule has 27 heavy (non-hydrogen) atoms. The molecule has 1 fully saturated rings. The highest BCUT2D eigenvalue weighted by Crippen LogP contribution is 2.37. The lowest BCUT2D eigenvalue weighted by molar-refractivity contribution is 0.00578. The molecule has 3 heterocycles. The molecule has 0 radical (unpaired) electrons.